The molecule has 0 N–H and O–H groups in total. The van der Waals surface area contributed by atoms with E-state index >= 15 is 0 Å². The number of nitrogens with zero attached hydrogens (tertiary/aromatic N) is 1. The third-order valence-corrected chi connectivity index (χ3v) is 11.8. The van der Waals surface area contributed by atoms with Crippen molar-refractivity contribution in [1.82, 2.24) is 4.57 Å². The Balaban J connectivity index is 0.000000125. The number of aryl methyl sites for hydroxylation is 7. The molecule has 0 radical (unpaired) electrons. The summed E-state index contributed by atoms with van der Waals surface area (Å²) >= 11 is 0. The summed E-state index contributed by atoms with van der Waals surface area (Å²) in [5.41, 5.74) is 20.0. The van der Waals surface area contributed by atoms with Gasteiger partial charge in [-0.2, -0.15) is 0 Å². The van der Waals surface area contributed by atoms with Crippen LogP contribution in [0.4, 0.5) is 0 Å². The number of hydrogen-bond donors (Lipinski definition) is 0. The highest BCUT2D eigenvalue weighted by atomic mass is 14.9. The van der Waals surface area contributed by atoms with Crippen LogP contribution in [0.5, 0.6) is 0 Å². The van der Waals surface area contributed by atoms with E-state index in [4.69, 9.17) is 0 Å². The van der Waals surface area contributed by atoms with Gasteiger partial charge in [0.25, 0.3) is 0 Å². The third kappa shape index (κ3) is 10.5. The summed E-state index contributed by atoms with van der Waals surface area (Å²) in [7, 11) is 2.12. The summed E-state index contributed by atoms with van der Waals surface area (Å²) < 4.78 is 2.24. The monoisotopic (exact) mass is 805 g/mol. The van der Waals surface area contributed by atoms with Crippen molar-refractivity contribution in [3.63, 3.8) is 0 Å². The fourth-order valence-corrected chi connectivity index (χ4v) is 8.42. The number of benzene rings is 8. The van der Waals surface area contributed by atoms with E-state index in [2.05, 4.69) is 266 Å². The van der Waals surface area contributed by atoms with E-state index in [9.17, 15) is 0 Å². The SMILES string of the molecule is Cc1cc(-c2ccccc2)cc(C2C=CC=CC2)c1.Cc1ccc(C)c(-c2ccccc2C)c1.Cc1ccccc1-c1ccccc1C.Cn1c2ccccc2c2ccccc21. The molecule has 0 spiro atoms. The molecule has 0 bridgehead atoms. The molecule has 1 heterocycles. The molecule has 1 atom stereocenters. The van der Waals surface area contributed by atoms with E-state index < -0.39 is 0 Å². The number of aromatic nitrogens is 1. The fourth-order valence-electron chi connectivity index (χ4n) is 8.42. The van der Waals surface area contributed by atoms with Crippen molar-refractivity contribution in [2.45, 2.75) is 53.9 Å². The molecule has 0 saturated carbocycles. The maximum Gasteiger partial charge on any atom is 0.0488 e. The molecule has 1 heteroatoms. The molecule has 62 heavy (non-hydrogen) atoms. The highest BCUT2D eigenvalue weighted by Crippen LogP contribution is 2.31. The lowest BCUT2D eigenvalue weighted by Crippen LogP contribution is -1.97. The van der Waals surface area contributed by atoms with E-state index in [-0.39, 0.29) is 0 Å². The lowest BCUT2D eigenvalue weighted by atomic mass is 9.89. The van der Waals surface area contributed by atoms with Gasteiger partial charge in [0, 0.05) is 34.8 Å². The van der Waals surface area contributed by atoms with Crippen LogP contribution in [0.15, 0.2) is 212 Å². The van der Waals surface area contributed by atoms with Gasteiger partial charge in [0.15, 0.2) is 0 Å². The van der Waals surface area contributed by atoms with Gasteiger partial charge in [-0.05, 0) is 121 Å². The van der Waals surface area contributed by atoms with E-state index in [0.717, 1.165) is 6.42 Å². The highest BCUT2D eigenvalue weighted by Gasteiger charge is 2.11. The second-order valence-electron chi connectivity index (χ2n) is 16.5. The second-order valence-corrected chi connectivity index (χ2v) is 16.5. The Hall–Kier alpha value is -6.96. The zero-order chi connectivity index (χ0) is 43.4. The van der Waals surface area contributed by atoms with E-state index in [0.29, 0.717) is 5.92 Å². The smallest absolute Gasteiger partial charge is 0.0488 e. The molecule has 1 aliphatic rings. The zero-order valence-corrected chi connectivity index (χ0v) is 37.4. The second kappa shape index (κ2) is 20.5. The molecule has 0 fully saturated rings. The van der Waals surface area contributed by atoms with Crippen molar-refractivity contribution in [3.8, 4) is 33.4 Å². The molecule has 1 unspecified atom stereocenters. The van der Waals surface area contributed by atoms with E-state index in [1.165, 1.54) is 94.1 Å². The summed E-state index contributed by atoms with van der Waals surface area (Å²) in [4.78, 5) is 0. The van der Waals surface area contributed by atoms with Crippen molar-refractivity contribution in [1.29, 1.82) is 0 Å². The maximum absolute atomic E-state index is 2.33. The molecule has 0 amide bonds. The molecular formula is C61H59N. The third-order valence-electron chi connectivity index (χ3n) is 11.8. The summed E-state index contributed by atoms with van der Waals surface area (Å²) in [5.74, 6) is 0.521. The molecular weight excluding hydrogens is 747 g/mol. The minimum absolute atomic E-state index is 0.521. The largest absolute Gasteiger partial charge is 0.344 e. The first-order valence-corrected chi connectivity index (χ1v) is 21.9. The first-order valence-electron chi connectivity index (χ1n) is 21.9. The first-order chi connectivity index (χ1) is 30.2. The molecule has 0 aliphatic heterocycles. The van der Waals surface area contributed by atoms with Gasteiger partial charge in [-0.1, -0.05) is 211 Å². The number of hydrogen-bond acceptors (Lipinski definition) is 0. The lowest BCUT2D eigenvalue weighted by Gasteiger charge is -2.16. The van der Waals surface area contributed by atoms with Crippen LogP contribution in [-0.4, -0.2) is 4.57 Å². The van der Waals surface area contributed by atoms with Gasteiger partial charge < -0.3 is 4.57 Å². The minimum Gasteiger partial charge on any atom is -0.344 e. The van der Waals surface area contributed by atoms with Gasteiger partial charge in [-0.15, -0.1) is 0 Å². The Morgan fingerprint density at radius 3 is 1.40 bits per heavy atom. The number of para-hydroxylation sites is 2. The van der Waals surface area contributed by atoms with Gasteiger partial charge in [-0.3, -0.25) is 0 Å². The molecule has 9 aromatic rings. The van der Waals surface area contributed by atoms with Gasteiger partial charge in [-0.25, -0.2) is 0 Å². The van der Waals surface area contributed by atoms with Crippen LogP contribution in [0.3, 0.4) is 0 Å². The lowest BCUT2D eigenvalue weighted by molar-refractivity contribution is 0.853. The summed E-state index contributed by atoms with van der Waals surface area (Å²) in [5, 5.41) is 2.68. The van der Waals surface area contributed by atoms with E-state index in [1.807, 2.05) is 0 Å². The Bertz CT molecular complexity index is 2860. The Morgan fingerprint density at radius 2 is 0.871 bits per heavy atom. The molecule has 8 aromatic carbocycles. The highest BCUT2D eigenvalue weighted by molar-refractivity contribution is 6.07. The van der Waals surface area contributed by atoms with Gasteiger partial charge in [0.05, 0.1) is 0 Å². The van der Waals surface area contributed by atoms with Crippen molar-refractivity contribution in [2.75, 3.05) is 0 Å². The van der Waals surface area contributed by atoms with Crippen molar-refractivity contribution in [3.05, 3.63) is 251 Å². The summed E-state index contributed by atoms with van der Waals surface area (Å²) in [6.07, 6.45) is 9.93. The quantitative estimate of drug-likeness (QED) is 0.167. The van der Waals surface area contributed by atoms with E-state index in [1.54, 1.807) is 0 Å². The van der Waals surface area contributed by atoms with Crippen LogP contribution in [0.2, 0.25) is 0 Å². The van der Waals surface area contributed by atoms with Crippen molar-refractivity contribution < 1.29 is 0 Å². The molecule has 10 rings (SSSR count). The normalized spacial score (nSPS) is 12.7. The summed E-state index contributed by atoms with van der Waals surface area (Å²) in [6.45, 7) is 13.0. The van der Waals surface area contributed by atoms with Crippen molar-refractivity contribution >= 4 is 21.8 Å². The van der Waals surface area contributed by atoms with Gasteiger partial charge in [0.2, 0.25) is 0 Å². The predicted octanol–water partition coefficient (Wildman–Crippen LogP) is 16.8. The van der Waals surface area contributed by atoms with Crippen LogP contribution in [-0.2, 0) is 7.05 Å². The summed E-state index contributed by atoms with van der Waals surface area (Å²) in [6, 6.07) is 66.7. The number of allylic oxidation sites excluding steroid dienone is 4. The molecule has 1 aromatic heterocycles. The molecule has 0 saturated heterocycles. The number of fused-ring (bicyclic) bond motifs is 3. The fraction of sp³-hybridized carbons (Fsp3) is 0.148. The van der Waals surface area contributed by atoms with Crippen LogP contribution in [0.25, 0.3) is 55.2 Å². The van der Waals surface area contributed by atoms with Crippen LogP contribution in [0.1, 0.15) is 51.3 Å². The average molecular weight is 806 g/mol. The van der Waals surface area contributed by atoms with Crippen LogP contribution in [0, 0.1) is 41.5 Å². The van der Waals surface area contributed by atoms with Gasteiger partial charge in [0.1, 0.15) is 0 Å². The average Bonchev–Trinajstić information content (AvgIpc) is 3.60. The standard InChI is InChI=1S/C19H18.C15H16.C14H14.C13H11N/c1-15-12-18(16-8-4-2-5-9-16)14-19(13-15)17-10-6-3-7-11-17;1-11-8-9-13(3)15(10-11)14-7-5-4-6-12(14)2;1-11-7-3-5-9-13(11)14-10-6-4-8-12(14)2;1-14-12-8-4-2-6-10(12)11-7-3-5-9-13(11)14/h2-10,12-14,17H,11H2,1H3;4-10H,1-3H3;3-10H,1-2H3;2-9H,1H3. The molecule has 308 valence electrons. The maximum atomic E-state index is 2.33. The Labute approximate surface area is 370 Å². The predicted molar refractivity (Wildman–Crippen MR) is 270 cm³/mol. The van der Waals surface area contributed by atoms with Crippen molar-refractivity contribution in [2.24, 2.45) is 7.05 Å². The molecule has 1 nitrogen and oxygen atoms in total. The van der Waals surface area contributed by atoms with Crippen LogP contribution >= 0.6 is 0 Å². The Kier molecular flexibility index (Phi) is 14.3. The van der Waals surface area contributed by atoms with Gasteiger partial charge >= 0.3 is 0 Å². The topological polar surface area (TPSA) is 4.93 Å². The first kappa shape index (κ1) is 43.1. The number of rotatable bonds is 4. The zero-order valence-electron chi connectivity index (χ0n) is 37.4. The van der Waals surface area contributed by atoms with Crippen LogP contribution < -0.4 is 0 Å². The molecule has 1 aliphatic carbocycles. The Morgan fingerprint density at radius 1 is 0.387 bits per heavy atom. The minimum atomic E-state index is 0.521.